The highest BCUT2D eigenvalue weighted by atomic mass is 32.2. The van der Waals surface area contributed by atoms with Gasteiger partial charge in [0.1, 0.15) is 15.8 Å². The van der Waals surface area contributed by atoms with Gasteiger partial charge in [0.15, 0.2) is 0 Å². The number of amides is 1. The SMILES string of the molecule is COc1ccc(SCCCC(=O)Nc2sc3c(c2-c2nc4ccccc4s2)CCN(C)C3)cc1. The molecular formula is C26H27N3O2S3. The lowest BCUT2D eigenvalue weighted by Gasteiger charge is -2.22. The van der Waals surface area contributed by atoms with Crippen LogP contribution in [-0.4, -0.2) is 42.2 Å². The monoisotopic (exact) mass is 509 g/mol. The molecule has 0 aliphatic carbocycles. The van der Waals surface area contributed by atoms with Gasteiger partial charge in [-0.25, -0.2) is 4.98 Å². The zero-order valence-electron chi connectivity index (χ0n) is 19.3. The van der Waals surface area contributed by atoms with Crippen molar-refractivity contribution in [3.05, 3.63) is 59.0 Å². The smallest absolute Gasteiger partial charge is 0.225 e. The molecule has 1 aliphatic rings. The minimum atomic E-state index is 0.0737. The molecule has 2 aromatic heterocycles. The number of aromatic nitrogens is 1. The third-order valence-corrected chi connectivity index (χ3v) is 9.17. The number of carbonyl (C=O) groups is 1. The summed E-state index contributed by atoms with van der Waals surface area (Å²) in [6.45, 7) is 1.95. The molecule has 2 aromatic carbocycles. The summed E-state index contributed by atoms with van der Waals surface area (Å²) in [5.41, 5.74) is 3.51. The van der Waals surface area contributed by atoms with Crippen LogP contribution in [0.4, 0.5) is 5.00 Å². The summed E-state index contributed by atoms with van der Waals surface area (Å²) in [5.74, 6) is 1.83. The van der Waals surface area contributed by atoms with E-state index in [0.717, 1.165) is 58.5 Å². The third-order valence-electron chi connectivity index (χ3n) is 5.88. The van der Waals surface area contributed by atoms with Gasteiger partial charge in [0, 0.05) is 34.8 Å². The van der Waals surface area contributed by atoms with E-state index in [-0.39, 0.29) is 5.91 Å². The van der Waals surface area contributed by atoms with Gasteiger partial charge in [-0.15, -0.1) is 34.4 Å². The van der Waals surface area contributed by atoms with Gasteiger partial charge >= 0.3 is 0 Å². The molecule has 5 nitrogen and oxygen atoms in total. The number of likely N-dealkylation sites (N-methyl/N-ethyl adjacent to an activating group) is 1. The van der Waals surface area contributed by atoms with E-state index in [0.29, 0.717) is 6.42 Å². The molecule has 34 heavy (non-hydrogen) atoms. The molecule has 0 bridgehead atoms. The lowest BCUT2D eigenvalue weighted by molar-refractivity contribution is -0.116. The van der Waals surface area contributed by atoms with Crippen molar-refractivity contribution in [2.45, 2.75) is 30.7 Å². The second kappa shape index (κ2) is 10.5. The first-order valence-corrected chi connectivity index (χ1v) is 14.0. The maximum absolute atomic E-state index is 12.9. The Kier molecular flexibility index (Phi) is 7.20. The Bertz CT molecular complexity index is 1260. The van der Waals surface area contributed by atoms with E-state index in [4.69, 9.17) is 9.72 Å². The van der Waals surface area contributed by atoms with Crippen LogP contribution in [0.15, 0.2) is 53.4 Å². The molecule has 0 spiro atoms. The van der Waals surface area contributed by atoms with E-state index in [1.807, 2.05) is 18.2 Å². The van der Waals surface area contributed by atoms with Crippen molar-refractivity contribution >= 4 is 55.6 Å². The number of nitrogens with zero attached hydrogens (tertiary/aromatic N) is 2. The number of hydrogen-bond acceptors (Lipinski definition) is 7. The number of nitrogens with one attached hydrogen (secondary N) is 1. The van der Waals surface area contributed by atoms with Crippen LogP contribution in [0.2, 0.25) is 0 Å². The average Bonchev–Trinajstić information content (AvgIpc) is 3.42. The van der Waals surface area contributed by atoms with Gasteiger partial charge in [0.25, 0.3) is 0 Å². The maximum atomic E-state index is 12.9. The Balaban J connectivity index is 1.28. The molecule has 3 heterocycles. The van der Waals surface area contributed by atoms with Gasteiger partial charge < -0.3 is 15.0 Å². The summed E-state index contributed by atoms with van der Waals surface area (Å²) in [6, 6.07) is 16.3. The van der Waals surface area contributed by atoms with E-state index < -0.39 is 0 Å². The first-order valence-electron chi connectivity index (χ1n) is 11.4. The van der Waals surface area contributed by atoms with Gasteiger partial charge in [-0.2, -0.15) is 0 Å². The fourth-order valence-corrected chi connectivity index (χ4v) is 7.42. The Morgan fingerprint density at radius 2 is 2.00 bits per heavy atom. The summed E-state index contributed by atoms with van der Waals surface area (Å²) in [5, 5.41) is 5.20. The van der Waals surface area contributed by atoms with Gasteiger partial charge in [-0.05, 0) is 67.6 Å². The van der Waals surface area contributed by atoms with Gasteiger partial charge in [-0.1, -0.05) is 12.1 Å². The Morgan fingerprint density at radius 1 is 1.18 bits per heavy atom. The van der Waals surface area contributed by atoms with E-state index in [1.165, 1.54) is 20.0 Å². The second-order valence-corrected chi connectivity index (χ2v) is 11.7. The largest absolute Gasteiger partial charge is 0.497 e. The summed E-state index contributed by atoms with van der Waals surface area (Å²) in [7, 11) is 3.82. The van der Waals surface area contributed by atoms with E-state index in [9.17, 15) is 4.79 Å². The molecule has 5 rings (SSSR count). The van der Waals surface area contributed by atoms with Crippen LogP contribution in [0.3, 0.4) is 0 Å². The van der Waals surface area contributed by atoms with Crippen molar-refractivity contribution in [1.29, 1.82) is 0 Å². The average molecular weight is 510 g/mol. The number of thiazole rings is 1. The molecule has 0 atom stereocenters. The minimum absolute atomic E-state index is 0.0737. The standard InChI is InChI=1S/C26H27N3O2S3/c1-29-14-13-19-22(16-29)34-26(24(19)25-27-20-6-3-4-7-21(20)33-25)28-23(30)8-5-15-32-18-11-9-17(31-2)10-12-18/h3-4,6-7,9-12H,5,8,13-16H2,1-2H3,(H,28,30). The van der Waals surface area contributed by atoms with Crippen molar-refractivity contribution in [1.82, 2.24) is 9.88 Å². The Hall–Kier alpha value is -2.39. The predicted molar refractivity (Wildman–Crippen MR) is 145 cm³/mol. The molecule has 0 fully saturated rings. The molecular weight excluding hydrogens is 483 g/mol. The van der Waals surface area contributed by atoms with Crippen molar-refractivity contribution in [3.63, 3.8) is 0 Å². The third kappa shape index (κ3) is 5.15. The van der Waals surface area contributed by atoms with E-state index >= 15 is 0 Å². The lowest BCUT2D eigenvalue weighted by Crippen LogP contribution is -2.25. The van der Waals surface area contributed by atoms with Crippen LogP contribution in [0.5, 0.6) is 5.75 Å². The van der Waals surface area contributed by atoms with Crippen LogP contribution in [0.25, 0.3) is 20.8 Å². The number of carbonyl (C=O) groups excluding carboxylic acids is 1. The molecule has 1 aliphatic heterocycles. The minimum Gasteiger partial charge on any atom is -0.497 e. The van der Waals surface area contributed by atoms with Crippen molar-refractivity contribution in [2.75, 3.05) is 31.8 Å². The summed E-state index contributed by atoms with van der Waals surface area (Å²) < 4.78 is 6.39. The van der Waals surface area contributed by atoms with Crippen LogP contribution >= 0.6 is 34.4 Å². The second-order valence-electron chi connectivity index (χ2n) is 8.36. The highest BCUT2D eigenvalue weighted by Crippen LogP contribution is 2.45. The summed E-state index contributed by atoms with van der Waals surface area (Å²) >= 11 is 5.19. The number of hydrogen-bond donors (Lipinski definition) is 1. The highest BCUT2D eigenvalue weighted by Gasteiger charge is 2.26. The molecule has 176 valence electrons. The number of thiophene rings is 1. The van der Waals surface area contributed by atoms with Crippen LogP contribution in [0.1, 0.15) is 23.3 Å². The number of benzene rings is 2. The maximum Gasteiger partial charge on any atom is 0.225 e. The Morgan fingerprint density at radius 3 is 2.79 bits per heavy atom. The summed E-state index contributed by atoms with van der Waals surface area (Å²) in [6.07, 6.45) is 2.32. The highest BCUT2D eigenvalue weighted by molar-refractivity contribution is 7.99. The number of anilines is 1. The van der Waals surface area contributed by atoms with Gasteiger partial charge in [-0.3, -0.25) is 4.79 Å². The zero-order valence-corrected chi connectivity index (χ0v) is 21.7. The number of methoxy groups -OCH3 is 1. The van der Waals surface area contributed by atoms with E-state index in [2.05, 4.69) is 47.6 Å². The van der Waals surface area contributed by atoms with Crippen molar-refractivity contribution in [3.8, 4) is 16.3 Å². The quantitative estimate of drug-likeness (QED) is 0.216. The number of fused-ring (bicyclic) bond motifs is 2. The zero-order chi connectivity index (χ0) is 23.5. The fourth-order valence-electron chi connectivity index (χ4n) is 4.11. The van der Waals surface area contributed by atoms with Gasteiger partial charge in [0.05, 0.1) is 17.3 Å². The number of para-hydroxylation sites is 1. The number of thioether (sulfide) groups is 1. The molecule has 0 saturated carbocycles. The molecule has 0 saturated heterocycles. The molecule has 8 heteroatoms. The molecule has 0 unspecified atom stereocenters. The van der Waals surface area contributed by atoms with Crippen molar-refractivity contribution in [2.24, 2.45) is 0 Å². The summed E-state index contributed by atoms with van der Waals surface area (Å²) in [4.78, 5) is 22.7. The fraction of sp³-hybridized carbons (Fsp3) is 0.308. The Labute approximate surface area is 212 Å². The van der Waals surface area contributed by atoms with Crippen LogP contribution in [0, 0.1) is 0 Å². The number of ether oxygens (including phenoxy) is 1. The normalized spacial score (nSPS) is 13.7. The van der Waals surface area contributed by atoms with E-state index in [1.54, 1.807) is 41.5 Å². The first-order chi connectivity index (χ1) is 16.6. The first kappa shape index (κ1) is 23.4. The topological polar surface area (TPSA) is 54.5 Å². The molecule has 1 N–H and O–H groups in total. The lowest BCUT2D eigenvalue weighted by atomic mass is 10.0. The van der Waals surface area contributed by atoms with Crippen LogP contribution in [-0.2, 0) is 17.8 Å². The van der Waals surface area contributed by atoms with Crippen LogP contribution < -0.4 is 10.1 Å². The number of rotatable bonds is 8. The van der Waals surface area contributed by atoms with Crippen molar-refractivity contribution < 1.29 is 9.53 Å². The van der Waals surface area contributed by atoms with Gasteiger partial charge in [0.2, 0.25) is 5.91 Å². The molecule has 4 aromatic rings. The molecule has 0 radical (unpaired) electrons. The molecule has 1 amide bonds. The predicted octanol–water partition coefficient (Wildman–Crippen LogP) is 6.53.